The largest absolute Gasteiger partial charge is 0.482 e. The molecule has 3 heterocycles. The number of carbonyl (C=O) groups is 2. The molecule has 1 unspecified atom stereocenters. The molecule has 1 atom stereocenters. The van der Waals surface area contributed by atoms with E-state index >= 15 is 0 Å². The van der Waals surface area contributed by atoms with Crippen molar-refractivity contribution in [3.8, 4) is 5.75 Å². The number of nitrogens with zero attached hydrogens (tertiary/aromatic N) is 3. The SMILES string of the molecule is CCOP(=O)(CCN1C(=O)c2c(OCc3ccccc3)c(=O)c(C(=O)NCc3ccc(F)cc3F)cn2N(C)C12CCOC2)OCC. The lowest BCUT2D eigenvalue weighted by atomic mass is 10.0. The lowest BCUT2D eigenvalue weighted by molar-refractivity contribution is 0.0239. The fraction of sp³-hybridized carbons (Fsp3) is 0.406. The molecule has 47 heavy (non-hydrogen) atoms. The normalized spacial score (nSPS) is 17.7. The fourth-order valence-electron chi connectivity index (χ4n) is 5.77. The molecule has 5 rings (SSSR count). The smallest absolute Gasteiger partial charge is 0.332 e. The van der Waals surface area contributed by atoms with Crippen LogP contribution in [0.3, 0.4) is 0 Å². The molecule has 2 aromatic carbocycles. The van der Waals surface area contributed by atoms with E-state index in [-0.39, 0.29) is 68.2 Å². The summed E-state index contributed by atoms with van der Waals surface area (Å²) in [5.41, 5.74) is -1.73. The van der Waals surface area contributed by atoms with Crippen molar-refractivity contribution >= 4 is 19.4 Å². The van der Waals surface area contributed by atoms with Crippen LogP contribution in [-0.4, -0.2) is 73.2 Å². The van der Waals surface area contributed by atoms with E-state index in [0.29, 0.717) is 24.7 Å². The van der Waals surface area contributed by atoms with Gasteiger partial charge in [-0.2, -0.15) is 0 Å². The molecular formula is C32H37F2N4O8P. The van der Waals surface area contributed by atoms with Crippen molar-refractivity contribution in [1.82, 2.24) is 14.9 Å². The van der Waals surface area contributed by atoms with Gasteiger partial charge in [-0.3, -0.25) is 28.6 Å². The number of hydrogen-bond donors (Lipinski definition) is 1. The first kappa shape index (κ1) is 34.2. The highest BCUT2D eigenvalue weighted by molar-refractivity contribution is 7.53. The highest BCUT2D eigenvalue weighted by Gasteiger charge is 2.53. The Morgan fingerprint density at radius 3 is 2.45 bits per heavy atom. The molecule has 1 N–H and O–H groups in total. The summed E-state index contributed by atoms with van der Waals surface area (Å²) in [4.78, 5) is 43.4. The molecule has 15 heteroatoms. The van der Waals surface area contributed by atoms with Gasteiger partial charge >= 0.3 is 7.60 Å². The fourth-order valence-corrected chi connectivity index (χ4v) is 7.33. The van der Waals surface area contributed by atoms with Gasteiger partial charge in [0.05, 0.1) is 32.6 Å². The van der Waals surface area contributed by atoms with E-state index < -0.39 is 42.1 Å². The van der Waals surface area contributed by atoms with E-state index in [9.17, 15) is 27.7 Å². The molecule has 0 aliphatic carbocycles. The topological polar surface area (TPSA) is 129 Å². The van der Waals surface area contributed by atoms with Crippen LogP contribution in [0.4, 0.5) is 8.78 Å². The average Bonchev–Trinajstić information content (AvgIpc) is 3.53. The molecular weight excluding hydrogens is 637 g/mol. The van der Waals surface area contributed by atoms with E-state index in [4.69, 9.17) is 18.5 Å². The number of hydrogen-bond acceptors (Lipinski definition) is 9. The van der Waals surface area contributed by atoms with Crippen molar-refractivity contribution < 1.29 is 41.5 Å². The molecule has 2 aliphatic rings. The molecule has 0 radical (unpaired) electrons. The van der Waals surface area contributed by atoms with E-state index in [2.05, 4.69) is 5.32 Å². The second kappa shape index (κ2) is 14.3. The number of aromatic nitrogens is 1. The van der Waals surface area contributed by atoms with Crippen molar-refractivity contribution in [3.05, 3.63) is 99.0 Å². The van der Waals surface area contributed by atoms with Crippen LogP contribution < -0.4 is 20.5 Å². The minimum atomic E-state index is -3.56. The minimum Gasteiger partial charge on any atom is -0.482 e. The van der Waals surface area contributed by atoms with Gasteiger partial charge in [-0.25, -0.2) is 8.78 Å². The average molecular weight is 675 g/mol. The first-order valence-corrected chi connectivity index (χ1v) is 17.0. The van der Waals surface area contributed by atoms with Gasteiger partial charge in [0.2, 0.25) is 5.43 Å². The maximum absolute atomic E-state index is 14.5. The van der Waals surface area contributed by atoms with Crippen molar-refractivity contribution in [2.24, 2.45) is 0 Å². The summed E-state index contributed by atoms with van der Waals surface area (Å²) in [5.74, 6) is -3.45. The first-order valence-electron chi connectivity index (χ1n) is 15.2. The summed E-state index contributed by atoms with van der Waals surface area (Å²) >= 11 is 0. The molecule has 2 aliphatic heterocycles. The van der Waals surface area contributed by atoms with Crippen LogP contribution in [0, 0.1) is 11.6 Å². The minimum absolute atomic E-state index is 0.0137. The standard InChI is InChI=1S/C32H37F2N4O8P/c1-4-45-47(42,46-5-2)16-14-37-31(41)27-29(44-20-22-9-7-6-8-10-22)28(39)25(19-38(27)36(3)32(37)13-15-43-21-32)30(40)35-18-23-11-12-24(33)17-26(23)34/h6-12,17,19H,4-5,13-16,18,20-21H2,1-3H3,(H,35,40). The molecule has 1 saturated heterocycles. The number of carbonyl (C=O) groups excluding carboxylic acids is 2. The van der Waals surface area contributed by atoms with Crippen molar-refractivity contribution in [1.29, 1.82) is 0 Å². The summed E-state index contributed by atoms with van der Waals surface area (Å²) in [5, 5.41) is 4.20. The summed E-state index contributed by atoms with van der Waals surface area (Å²) < 4.78 is 65.2. The Morgan fingerprint density at radius 1 is 1.09 bits per heavy atom. The van der Waals surface area contributed by atoms with Gasteiger partial charge in [-0.1, -0.05) is 36.4 Å². The number of ether oxygens (including phenoxy) is 2. The van der Waals surface area contributed by atoms with Crippen molar-refractivity contribution in [3.63, 3.8) is 0 Å². The van der Waals surface area contributed by atoms with Gasteiger partial charge in [0.15, 0.2) is 17.1 Å². The second-order valence-electron chi connectivity index (χ2n) is 11.0. The predicted octanol–water partition coefficient (Wildman–Crippen LogP) is 4.04. The van der Waals surface area contributed by atoms with Crippen molar-refractivity contribution in [2.45, 2.75) is 39.1 Å². The number of halogens is 2. The second-order valence-corrected chi connectivity index (χ2v) is 13.2. The third-order valence-electron chi connectivity index (χ3n) is 8.18. The Bertz CT molecular complexity index is 1720. The number of fused-ring (bicyclic) bond motifs is 1. The maximum Gasteiger partial charge on any atom is 0.332 e. The summed E-state index contributed by atoms with van der Waals surface area (Å²) in [7, 11) is -1.88. The Hall–Kier alpha value is -4.10. The molecule has 3 aromatic rings. The third-order valence-corrected chi connectivity index (χ3v) is 10.2. The maximum atomic E-state index is 14.5. The molecule has 0 bridgehead atoms. The number of nitrogens with one attached hydrogen (secondary N) is 1. The number of pyridine rings is 1. The zero-order valence-electron chi connectivity index (χ0n) is 26.4. The lowest BCUT2D eigenvalue weighted by Gasteiger charge is -2.52. The van der Waals surface area contributed by atoms with Crippen LogP contribution in [0.2, 0.25) is 0 Å². The van der Waals surface area contributed by atoms with Gasteiger partial charge in [0.25, 0.3) is 11.8 Å². The summed E-state index contributed by atoms with van der Waals surface area (Å²) in [6, 6.07) is 11.9. The van der Waals surface area contributed by atoms with E-state index in [0.717, 1.165) is 6.07 Å². The number of likely N-dealkylation sites (N-methyl/N-ethyl adjacent to an activating group) is 1. The molecule has 1 aromatic heterocycles. The predicted molar refractivity (Wildman–Crippen MR) is 168 cm³/mol. The van der Waals surface area contributed by atoms with Crippen molar-refractivity contribution in [2.75, 3.05) is 51.2 Å². The van der Waals surface area contributed by atoms with E-state index in [1.807, 2.05) is 6.07 Å². The monoisotopic (exact) mass is 674 g/mol. The summed E-state index contributed by atoms with van der Waals surface area (Å²) in [6.07, 6.45) is 1.49. The Labute approximate surface area is 270 Å². The molecule has 1 fully saturated rings. The Kier molecular flexibility index (Phi) is 10.5. The van der Waals surface area contributed by atoms with Gasteiger partial charge in [0.1, 0.15) is 23.8 Å². The number of amides is 2. The van der Waals surface area contributed by atoms with Crippen LogP contribution in [0.15, 0.2) is 59.5 Å². The van der Waals surface area contributed by atoms with Gasteiger partial charge in [-0.15, -0.1) is 0 Å². The number of benzene rings is 2. The quantitative estimate of drug-likeness (QED) is 0.267. The zero-order chi connectivity index (χ0) is 33.8. The molecule has 1 spiro atoms. The lowest BCUT2D eigenvalue weighted by Crippen LogP contribution is -2.70. The Balaban J connectivity index is 1.57. The zero-order valence-corrected chi connectivity index (χ0v) is 27.3. The molecule has 252 valence electrons. The van der Waals surface area contributed by atoms with Crippen LogP contribution in [0.1, 0.15) is 52.2 Å². The summed E-state index contributed by atoms with van der Waals surface area (Å²) in [6.45, 7) is 3.60. The van der Waals surface area contributed by atoms with Crippen LogP contribution in [0.25, 0.3) is 0 Å². The highest BCUT2D eigenvalue weighted by atomic mass is 31.2. The van der Waals surface area contributed by atoms with E-state index in [1.165, 1.54) is 21.8 Å². The van der Waals surface area contributed by atoms with Gasteiger partial charge < -0.3 is 28.7 Å². The van der Waals surface area contributed by atoms with E-state index in [1.54, 1.807) is 50.2 Å². The first-order chi connectivity index (χ1) is 22.5. The molecule has 0 saturated carbocycles. The Morgan fingerprint density at radius 2 is 1.81 bits per heavy atom. The van der Waals surface area contributed by atoms with Crippen LogP contribution in [0.5, 0.6) is 5.75 Å². The van der Waals surface area contributed by atoms with Crippen LogP contribution >= 0.6 is 7.60 Å². The third kappa shape index (κ3) is 6.96. The van der Waals surface area contributed by atoms with Gasteiger partial charge in [-0.05, 0) is 25.5 Å². The van der Waals surface area contributed by atoms with Gasteiger partial charge in [0, 0.05) is 44.4 Å². The molecule has 2 amide bonds. The number of rotatable bonds is 13. The van der Waals surface area contributed by atoms with Crippen LogP contribution in [-0.2, 0) is 31.5 Å². The molecule has 12 nitrogen and oxygen atoms in total. The highest BCUT2D eigenvalue weighted by Crippen LogP contribution is 2.48.